The van der Waals surface area contributed by atoms with Crippen LogP contribution in [0, 0.1) is 13.8 Å². The van der Waals surface area contributed by atoms with Crippen molar-refractivity contribution in [3.05, 3.63) is 81.3 Å². The lowest BCUT2D eigenvalue weighted by molar-refractivity contribution is -0.145. The third kappa shape index (κ3) is 6.14. The van der Waals surface area contributed by atoms with Crippen molar-refractivity contribution in [2.24, 2.45) is 5.10 Å². The molecule has 1 aliphatic heterocycles. The Morgan fingerprint density at radius 1 is 1.06 bits per heavy atom. The molecule has 1 amide bonds. The fourth-order valence-corrected chi connectivity index (χ4v) is 4.91. The smallest absolute Gasteiger partial charge is 0.306 e. The molecule has 8 heteroatoms. The van der Waals surface area contributed by atoms with E-state index >= 15 is 0 Å². The first-order chi connectivity index (χ1) is 16.9. The van der Waals surface area contributed by atoms with E-state index in [1.807, 2.05) is 56.3 Å². The molecule has 1 aliphatic rings. The highest BCUT2D eigenvalue weighted by Gasteiger charge is 2.23. The van der Waals surface area contributed by atoms with E-state index in [2.05, 4.69) is 21.1 Å². The van der Waals surface area contributed by atoms with Gasteiger partial charge in [-0.3, -0.25) is 14.4 Å². The zero-order chi connectivity index (χ0) is 24.8. The Kier molecular flexibility index (Phi) is 7.92. The first-order valence-corrected chi connectivity index (χ1v) is 12.6. The van der Waals surface area contributed by atoms with Gasteiger partial charge in [0.2, 0.25) is 11.7 Å². The van der Waals surface area contributed by atoms with E-state index < -0.39 is 5.97 Å². The molecule has 3 heterocycles. The van der Waals surface area contributed by atoms with Gasteiger partial charge in [0.1, 0.15) is 0 Å². The van der Waals surface area contributed by atoms with Crippen LogP contribution < -0.4 is 0 Å². The van der Waals surface area contributed by atoms with E-state index in [1.54, 1.807) is 11.3 Å². The van der Waals surface area contributed by atoms with E-state index in [9.17, 15) is 14.4 Å². The van der Waals surface area contributed by atoms with Crippen molar-refractivity contribution in [3.8, 4) is 0 Å². The van der Waals surface area contributed by atoms with Crippen molar-refractivity contribution >= 4 is 34.7 Å². The van der Waals surface area contributed by atoms with Crippen LogP contribution in [0.5, 0.6) is 0 Å². The number of carbonyl (C=O) groups excluding carboxylic acids is 3. The van der Waals surface area contributed by atoms with E-state index in [0.717, 1.165) is 35.6 Å². The zero-order valence-electron chi connectivity index (χ0n) is 20.0. The maximum Gasteiger partial charge on any atom is 0.306 e. The molecule has 0 aliphatic carbocycles. The molecular weight excluding hydrogens is 462 g/mol. The summed E-state index contributed by atoms with van der Waals surface area (Å²) >= 11 is 1.72. The van der Waals surface area contributed by atoms with E-state index in [1.165, 1.54) is 9.89 Å². The van der Waals surface area contributed by atoms with Gasteiger partial charge in [-0.25, -0.2) is 5.01 Å². The van der Waals surface area contributed by atoms with Crippen LogP contribution in [-0.4, -0.2) is 46.1 Å². The van der Waals surface area contributed by atoms with Gasteiger partial charge in [0.15, 0.2) is 6.61 Å². The summed E-state index contributed by atoms with van der Waals surface area (Å²) in [6, 6.07) is 15.7. The Labute approximate surface area is 209 Å². The Hall–Kier alpha value is -3.52. The quantitative estimate of drug-likeness (QED) is 0.308. The van der Waals surface area contributed by atoms with Crippen LogP contribution in [0.4, 0.5) is 0 Å². The molecule has 7 nitrogen and oxygen atoms in total. The van der Waals surface area contributed by atoms with Crippen molar-refractivity contribution in [3.63, 3.8) is 0 Å². The van der Waals surface area contributed by atoms with Crippen LogP contribution in [0.25, 0.3) is 0 Å². The van der Waals surface area contributed by atoms with E-state index in [0.29, 0.717) is 18.5 Å². The van der Waals surface area contributed by atoms with Crippen LogP contribution >= 0.6 is 11.3 Å². The Morgan fingerprint density at radius 2 is 1.86 bits per heavy atom. The van der Waals surface area contributed by atoms with E-state index in [4.69, 9.17) is 4.74 Å². The third-order valence-corrected chi connectivity index (χ3v) is 7.08. The molecular formula is C27H29N3O4S. The number of aromatic nitrogens is 1. The molecule has 1 aromatic carbocycles. The summed E-state index contributed by atoms with van der Waals surface area (Å²) in [7, 11) is 0. The average molecular weight is 492 g/mol. The van der Waals surface area contributed by atoms with Gasteiger partial charge in [-0.15, -0.1) is 11.3 Å². The van der Waals surface area contributed by atoms with Crippen LogP contribution in [0.3, 0.4) is 0 Å². The second kappa shape index (κ2) is 11.3. The highest BCUT2D eigenvalue weighted by atomic mass is 32.1. The summed E-state index contributed by atoms with van der Waals surface area (Å²) in [6.45, 7) is 4.84. The number of rotatable bonds is 10. The Balaban J connectivity index is 1.24. The Morgan fingerprint density at radius 3 is 2.60 bits per heavy atom. The summed E-state index contributed by atoms with van der Waals surface area (Å²) < 4.78 is 7.30. The molecule has 0 saturated heterocycles. The molecule has 0 saturated carbocycles. The third-order valence-electron chi connectivity index (χ3n) is 6.14. The number of hydrazone groups is 1. The molecule has 0 fully saturated rings. The maximum atomic E-state index is 12.7. The van der Waals surface area contributed by atoms with Crippen molar-refractivity contribution < 1.29 is 19.1 Å². The SMILES string of the molecule is Cc1cc(C(=O)COC(=O)CCC(=O)N2CCC(c3ccccc3)=N2)c(C)n1CCc1cccs1. The minimum Gasteiger partial charge on any atom is -0.457 e. The summed E-state index contributed by atoms with van der Waals surface area (Å²) in [4.78, 5) is 38.7. The molecule has 0 N–H and O–H groups in total. The molecule has 0 unspecified atom stereocenters. The fourth-order valence-electron chi connectivity index (χ4n) is 4.21. The number of esters is 1. The minimum atomic E-state index is -0.565. The van der Waals surface area contributed by atoms with Crippen molar-refractivity contribution in [2.75, 3.05) is 13.2 Å². The number of ketones is 1. The lowest BCUT2D eigenvalue weighted by Gasteiger charge is -2.11. The molecule has 0 spiro atoms. The van der Waals surface area contributed by atoms with Crippen LogP contribution in [0.2, 0.25) is 0 Å². The minimum absolute atomic E-state index is 0.00414. The number of carbonyl (C=O) groups is 3. The molecule has 4 rings (SSSR count). The summed E-state index contributed by atoms with van der Waals surface area (Å²) in [6.07, 6.45) is 1.49. The number of hydrogen-bond acceptors (Lipinski definition) is 6. The standard InChI is InChI=1S/C27H29N3O4S/c1-19-17-23(20(2)29(19)14-12-22-9-6-16-35-22)25(31)18-34-27(33)11-10-26(32)30-15-13-24(28-30)21-7-4-3-5-8-21/h3-9,16-17H,10-15,18H2,1-2H3. The van der Waals surface area contributed by atoms with Gasteiger partial charge < -0.3 is 9.30 Å². The molecule has 0 radical (unpaired) electrons. The number of benzene rings is 1. The van der Waals surface area contributed by atoms with Crippen LogP contribution in [0.1, 0.15) is 51.4 Å². The monoisotopic (exact) mass is 491 g/mol. The van der Waals surface area contributed by atoms with Gasteiger partial charge in [0, 0.05) is 41.2 Å². The average Bonchev–Trinajstić information content (AvgIpc) is 3.62. The normalized spacial score (nSPS) is 13.1. The molecule has 182 valence electrons. The number of ether oxygens (including phenoxy) is 1. The molecule has 35 heavy (non-hydrogen) atoms. The first-order valence-electron chi connectivity index (χ1n) is 11.7. The molecule has 2 aromatic heterocycles. The number of amides is 1. The lowest BCUT2D eigenvalue weighted by atomic mass is 10.1. The number of Topliss-reactive ketones (excluding diaryl/α,β-unsaturated/α-hetero) is 1. The van der Waals surface area contributed by atoms with Crippen molar-refractivity contribution in [2.45, 2.75) is 46.1 Å². The summed E-state index contributed by atoms with van der Waals surface area (Å²) in [5.41, 5.74) is 4.29. The second-order valence-electron chi connectivity index (χ2n) is 8.53. The van der Waals surface area contributed by atoms with Crippen molar-refractivity contribution in [1.82, 2.24) is 9.58 Å². The van der Waals surface area contributed by atoms with Crippen LogP contribution in [-0.2, 0) is 27.3 Å². The Bertz CT molecular complexity index is 1230. The highest BCUT2D eigenvalue weighted by Crippen LogP contribution is 2.19. The van der Waals surface area contributed by atoms with Gasteiger partial charge in [0.25, 0.3) is 0 Å². The summed E-state index contributed by atoms with van der Waals surface area (Å²) in [5, 5.41) is 7.86. The number of nitrogens with zero attached hydrogens (tertiary/aromatic N) is 3. The first kappa shape index (κ1) is 24.6. The molecule has 3 aromatic rings. The summed E-state index contributed by atoms with van der Waals surface area (Å²) in [5.74, 6) is -1.03. The van der Waals surface area contributed by atoms with Gasteiger partial charge in [-0.2, -0.15) is 5.10 Å². The zero-order valence-corrected chi connectivity index (χ0v) is 20.8. The van der Waals surface area contributed by atoms with Gasteiger partial charge in [-0.05, 0) is 43.3 Å². The van der Waals surface area contributed by atoms with Gasteiger partial charge in [0.05, 0.1) is 18.7 Å². The number of aryl methyl sites for hydroxylation is 2. The largest absolute Gasteiger partial charge is 0.457 e. The second-order valence-corrected chi connectivity index (χ2v) is 9.56. The maximum absolute atomic E-state index is 12.7. The van der Waals surface area contributed by atoms with Gasteiger partial charge in [-0.1, -0.05) is 36.4 Å². The highest BCUT2D eigenvalue weighted by molar-refractivity contribution is 7.09. The molecule has 0 atom stereocenters. The van der Waals surface area contributed by atoms with Crippen molar-refractivity contribution in [1.29, 1.82) is 0 Å². The van der Waals surface area contributed by atoms with Crippen LogP contribution in [0.15, 0.2) is 59.0 Å². The number of thiophene rings is 1. The predicted molar refractivity (Wildman–Crippen MR) is 136 cm³/mol. The topological polar surface area (TPSA) is 81.0 Å². The predicted octanol–water partition coefficient (Wildman–Crippen LogP) is 4.55. The van der Waals surface area contributed by atoms with Gasteiger partial charge >= 0.3 is 5.97 Å². The fraction of sp³-hybridized carbons (Fsp3) is 0.333. The lowest BCUT2D eigenvalue weighted by Crippen LogP contribution is -2.24. The van der Waals surface area contributed by atoms with E-state index in [-0.39, 0.29) is 31.1 Å². The number of hydrogen-bond donors (Lipinski definition) is 0. The molecule has 0 bridgehead atoms.